The summed E-state index contributed by atoms with van der Waals surface area (Å²) in [6.45, 7) is 3.21. The van der Waals surface area contributed by atoms with Gasteiger partial charge in [-0.25, -0.2) is 4.39 Å². The van der Waals surface area contributed by atoms with E-state index in [0.717, 1.165) is 0 Å². The minimum Gasteiger partial charge on any atom is -0.397 e. The van der Waals surface area contributed by atoms with Crippen LogP contribution in [0, 0.1) is 12.7 Å². The van der Waals surface area contributed by atoms with Crippen molar-refractivity contribution in [1.29, 1.82) is 0 Å². The van der Waals surface area contributed by atoms with Crippen molar-refractivity contribution in [3.63, 3.8) is 0 Å². The Bertz CT molecular complexity index is 431. The molecule has 1 aliphatic heterocycles. The van der Waals surface area contributed by atoms with E-state index in [1.165, 1.54) is 6.07 Å². The second kappa shape index (κ2) is 5.12. The molecule has 4 nitrogen and oxygen atoms in total. The molecule has 0 bridgehead atoms. The Balaban J connectivity index is 2.03. The molecule has 1 aliphatic rings. The summed E-state index contributed by atoms with van der Waals surface area (Å²) < 4.78 is 18.5. The molecule has 1 fully saturated rings. The Kier molecular flexibility index (Phi) is 3.73. The average Bonchev–Trinajstić information content (AvgIpc) is 2.33. The zero-order valence-corrected chi connectivity index (χ0v) is 10.5. The van der Waals surface area contributed by atoms with Crippen molar-refractivity contribution in [2.75, 3.05) is 30.8 Å². The number of aliphatic hydroxyl groups is 1. The van der Waals surface area contributed by atoms with Crippen LogP contribution in [0.15, 0.2) is 12.1 Å². The Morgan fingerprint density at radius 2 is 2.11 bits per heavy atom. The van der Waals surface area contributed by atoms with Gasteiger partial charge in [-0.2, -0.15) is 0 Å². The van der Waals surface area contributed by atoms with Crippen molar-refractivity contribution in [1.82, 2.24) is 0 Å². The van der Waals surface area contributed by atoms with Crippen LogP contribution in [0.3, 0.4) is 0 Å². The molecule has 0 spiro atoms. The second-order valence-electron chi connectivity index (χ2n) is 4.88. The summed E-state index contributed by atoms with van der Waals surface area (Å²) in [5.41, 5.74) is 6.52. The normalized spacial score (nSPS) is 18.6. The summed E-state index contributed by atoms with van der Waals surface area (Å²) in [4.78, 5) is 0. The molecule has 0 unspecified atom stereocenters. The molecule has 18 heavy (non-hydrogen) atoms. The van der Waals surface area contributed by atoms with Gasteiger partial charge in [0.25, 0.3) is 0 Å². The fourth-order valence-corrected chi connectivity index (χ4v) is 2.04. The van der Waals surface area contributed by atoms with Gasteiger partial charge in [0, 0.05) is 32.6 Å². The van der Waals surface area contributed by atoms with Crippen molar-refractivity contribution >= 4 is 11.4 Å². The number of nitrogens with two attached hydrogens (primary N) is 1. The molecule has 100 valence electrons. The van der Waals surface area contributed by atoms with Crippen molar-refractivity contribution in [3.05, 3.63) is 23.5 Å². The fraction of sp³-hybridized carbons (Fsp3) is 0.538. The second-order valence-corrected chi connectivity index (χ2v) is 4.88. The quantitative estimate of drug-likeness (QED) is 0.718. The smallest absolute Gasteiger partial charge is 0.128 e. The summed E-state index contributed by atoms with van der Waals surface area (Å²) in [6, 6.07) is 2.96. The lowest BCUT2D eigenvalue weighted by atomic mass is 9.94. The van der Waals surface area contributed by atoms with Crippen LogP contribution in [0.25, 0.3) is 0 Å². The molecule has 0 saturated carbocycles. The molecule has 1 saturated heterocycles. The standard InChI is InChI=1S/C13H19FN2O2/c1-9-6-12(11(15)7-10(9)14)16-8-13(17)2-4-18-5-3-13/h6-7,16-17H,2-5,8,15H2,1H3. The summed E-state index contributed by atoms with van der Waals surface area (Å²) in [7, 11) is 0. The Morgan fingerprint density at radius 3 is 2.78 bits per heavy atom. The molecule has 0 atom stereocenters. The van der Waals surface area contributed by atoms with Gasteiger partial charge in [-0.3, -0.25) is 0 Å². The van der Waals surface area contributed by atoms with Gasteiger partial charge in [-0.1, -0.05) is 0 Å². The topological polar surface area (TPSA) is 67.5 Å². The number of benzene rings is 1. The maximum atomic E-state index is 13.3. The molecular weight excluding hydrogens is 235 g/mol. The highest BCUT2D eigenvalue weighted by Gasteiger charge is 2.29. The van der Waals surface area contributed by atoms with Crippen LogP contribution in [0.2, 0.25) is 0 Å². The van der Waals surface area contributed by atoms with Gasteiger partial charge in [-0.15, -0.1) is 0 Å². The Labute approximate surface area is 106 Å². The fourth-order valence-electron chi connectivity index (χ4n) is 2.04. The van der Waals surface area contributed by atoms with Crippen LogP contribution in [-0.2, 0) is 4.74 Å². The lowest BCUT2D eigenvalue weighted by Gasteiger charge is -2.32. The van der Waals surface area contributed by atoms with E-state index in [9.17, 15) is 9.50 Å². The molecule has 2 rings (SSSR count). The molecule has 4 N–H and O–H groups in total. The van der Waals surface area contributed by atoms with Gasteiger partial charge in [0.05, 0.1) is 17.0 Å². The van der Waals surface area contributed by atoms with Crippen molar-refractivity contribution < 1.29 is 14.2 Å². The van der Waals surface area contributed by atoms with Crippen LogP contribution in [0.4, 0.5) is 15.8 Å². The van der Waals surface area contributed by atoms with Gasteiger partial charge >= 0.3 is 0 Å². The first-order valence-corrected chi connectivity index (χ1v) is 6.10. The van der Waals surface area contributed by atoms with E-state index in [0.29, 0.717) is 49.5 Å². The molecule has 0 aliphatic carbocycles. The van der Waals surface area contributed by atoms with E-state index >= 15 is 0 Å². The van der Waals surface area contributed by atoms with Gasteiger partial charge in [-0.05, 0) is 24.6 Å². The maximum absolute atomic E-state index is 13.3. The minimum absolute atomic E-state index is 0.317. The van der Waals surface area contributed by atoms with E-state index in [-0.39, 0.29) is 5.82 Å². The van der Waals surface area contributed by atoms with Gasteiger partial charge in [0.2, 0.25) is 0 Å². The third-order valence-corrected chi connectivity index (χ3v) is 3.36. The summed E-state index contributed by atoms with van der Waals surface area (Å²) in [6.07, 6.45) is 1.19. The largest absolute Gasteiger partial charge is 0.397 e. The zero-order valence-electron chi connectivity index (χ0n) is 10.5. The molecule has 5 heteroatoms. The predicted molar refractivity (Wildman–Crippen MR) is 69.0 cm³/mol. The lowest BCUT2D eigenvalue weighted by Crippen LogP contribution is -2.42. The third-order valence-electron chi connectivity index (χ3n) is 3.36. The van der Waals surface area contributed by atoms with Crippen molar-refractivity contribution in [2.24, 2.45) is 0 Å². The number of ether oxygens (including phenoxy) is 1. The van der Waals surface area contributed by atoms with Gasteiger partial charge in [0.1, 0.15) is 5.82 Å². The number of hydrogen-bond donors (Lipinski definition) is 3. The predicted octanol–water partition coefficient (Wildman–Crippen LogP) is 1.67. The number of nitrogen functional groups attached to an aromatic ring is 1. The van der Waals surface area contributed by atoms with Crippen LogP contribution in [0.5, 0.6) is 0 Å². The van der Waals surface area contributed by atoms with E-state index in [1.807, 2.05) is 0 Å². The SMILES string of the molecule is Cc1cc(NCC2(O)CCOCC2)c(N)cc1F. The van der Waals surface area contributed by atoms with E-state index < -0.39 is 5.60 Å². The van der Waals surface area contributed by atoms with E-state index in [4.69, 9.17) is 10.5 Å². The first-order chi connectivity index (χ1) is 8.50. The van der Waals surface area contributed by atoms with Crippen molar-refractivity contribution in [2.45, 2.75) is 25.4 Å². The highest BCUT2D eigenvalue weighted by molar-refractivity contribution is 5.67. The molecule has 1 aromatic carbocycles. The first kappa shape index (κ1) is 13.1. The molecular formula is C13H19FN2O2. The number of rotatable bonds is 3. The monoisotopic (exact) mass is 254 g/mol. The first-order valence-electron chi connectivity index (χ1n) is 6.10. The number of nitrogens with one attached hydrogen (secondary N) is 1. The Morgan fingerprint density at radius 1 is 1.44 bits per heavy atom. The number of anilines is 2. The highest BCUT2D eigenvalue weighted by Crippen LogP contribution is 2.25. The van der Waals surface area contributed by atoms with Crippen LogP contribution in [-0.4, -0.2) is 30.5 Å². The van der Waals surface area contributed by atoms with Gasteiger partial charge < -0.3 is 20.9 Å². The molecule has 1 aromatic rings. The minimum atomic E-state index is -0.771. The van der Waals surface area contributed by atoms with E-state index in [2.05, 4.69) is 5.32 Å². The van der Waals surface area contributed by atoms with Gasteiger partial charge in [0.15, 0.2) is 0 Å². The third kappa shape index (κ3) is 2.91. The van der Waals surface area contributed by atoms with Crippen LogP contribution < -0.4 is 11.1 Å². The average molecular weight is 254 g/mol. The number of aryl methyl sites for hydroxylation is 1. The molecule has 0 amide bonds. The maximum Gasteiger partial charge on any atom is 0.128 e. The number of hydrogen-bond acceptors (Lipinski definition) is 4. The highest BCUT2D eigenvalue weighted by atomic mass is 19.1. The van der Waals surface area contributed by atoms with E-state index in [1.54, 1.807) is 13.0 Å². The molecule has 0 radical (unpaired) electrons. The molecule has 0 aromatic heterocycles. The van der Waals surface area contributed by atoms with Crippen LogP contribution >= 0.6 is 0 Å². The number of halogens is 1. The van der Waals surface area contributed by atoms with Crippen LogP contribution in [0.1, 0.15) is 18.4 Å². The Hall–Kier alpha value is -1.33. The lowest BCUT2D eigenvalue weighted by molar-refractivity contribution is -0.0543. The summed E-state index contributed by atoms with van der Waals surface area (Å²) in [5.74, 6) is -0.317. The zero-order chi connectivity index (χ0) is 13.2. The summed E-state index contributed by atoms with van der Waals surface area (Å²) in [5, 5.41) is 13.4. The molecule has 1 heterocycles. The summed E-state index contributed by atoms with van der Waals surface area (Å²) >= 11 is 0. The van der Waals surface area contributed by atoms with Crippen molar-refractivity contribution in [3.8, 4) is 0 Å².